The summed E-state index contributed by atoms with van der Waals surface area (Å²) >= 11 is 0. The van der Waals surface area contributed by atoms with Crippen molar-refractivity contribution in [2.24, 2.45) is 0 Å². The highest BCUT2D eigenvalue weighted by Crippen LogP contribution is 2.35. The van der Waals surface area contributed by atoms with Gasteiger partial charge in [-0.15, -0.1) is 0 Å². The van der Waals surface area contributed by atoms with Gasteiger partial charge in [-0.1, -0.05) is 12.8 Å². The van der Waals surface area contributed by atoms with E-state index in [-0.39, 0.29) is 27.8 Å². The molecule has 9 heteroatoms. The van der Waals surface area contributed by atoms with Crippen molar-refractivity contribution in [3.8, 4) is 5.69 Å². The maximum Gasteiger partial charge on any atom is 0.341 e. The molecule has 1 saturated carbocycles. The Morgan fingerprint density at radius 3 is 2.45 bits per heavy atom. The summed E-state index contributed by atoms with van der Waals surface area (Å²) in [6.45, 7) is 1.82. The van der Waals surface area contributed by atoms with Gasteiger partial charge in [0.2, 0.25) is 5.43 Å². The smallest absolute Gasteiger partial charge is 0.341 e. The second kappa shape index (κ2) is 7.91. The molecule has 1 aliphatic heterocycles. The number of pyridine rings is 1. The predicted octanol–water partition coefficient (Wildman–Crippen LogP) is 3.83. The third-order valence-corrected chi connectivity index (χ3v) is 6.75. The number of benzene rings is 2. The van der Waals surface area contributed by atoms with Crippen LogP contribution in [0.2, 0.25) is 0 Å². The normalized spacial score (nSPS) is 17.7. The van der Waals surface area contributed by atoms with E-state index in [1.807, 2.05) is 4.90 Å². The molecule has 1 saturated heterocycles. The van der Waals surface area contributed by atoms with E-state index in [1.54, 1.807) is 0 Å². The van der Waals surface area contributed by atoms with E-state index in [2.05, 4.69) is 5.32 Å². The third kappa shape index (κ3) is 3.66. The fourth-order valence-corrected chi connectivity index (χ4v) is 5.15. The minimum Gasteiger partial charge on any atom is -0.477 e. The lowest BCUT2D eigenvalue weighted by atomic mass is 9.94. The molecule has 2 N–H and O–H groups in total. The van der Waals surface area contributed by atoms with Crippen molar-refractivity contribution < 1.29 is 23.1 Å². The Morgan fingerprint density at radius 1 is 1.03 bits per heavy atom. The highest BCUT2D eigenvalue weighted by atomic mass is 19.1. The minimum atomic E-state index is -1.52. The third-order valence-electron chi connectivity index (χ3n) is 6.75. The average Bonchev–Trinajstić information content (AvgIpc) is 3.21. The summed E-state index contributed by atoms with van der Waals surface area (Å²) in [5.41, 5.74) is -1.33. The fraction of sp³-hybridized carbons (Fsp3) is 0.333. The van der Waals surface area contributed by atoms with Crippen LogP contribution in [0.5, 0.6) is 0 Å². The van der Waals surface area contributed by atoms with Crippen LogP contribution in [0.3, 0.4) is 0 Å². The Balaban J connectivity index is 1.73. The zero-order chi connectivity index (χ0) is 23.3. The fourth-order valence-electron chi connectivity index (χ4n) is 5.15. The number of nitrogens with one attached hydrogen (secondary N) is 1. The molecule has 0 atom stereocenters. The van der Waals surface area contributed by atoms with Gasteiger partial charge in [-0.3, -0.25) is 4.79 Å². The summed E-state index contributed by atoms with van der Waals surface area (Å²) in [5, 5.41) is 12.9. The Kier molecular flexibility index (Phi) is 5.16. The summed E-state index contributed by atoms with van der Waals surface area (Å²) in [7, 11) is 0. The molecule has 172 valence electrons. The maximum atomic E-state index is 15.3. The second-order valence-corrected chi connectivity index (χ2v) is 8.80. The number of aromatic carboxylic acids is 1. The van der Waals surface area contributed by atoms with E-state index >= 15 is 4.39 Å². The first-order valence-electron chi connectivity index (χ1n) is 10.9. The number of piperazine rings is 1. The first-order valence-corrected chi connectivity index (χ1v) is 10.9. The molecule has 2 fully saturated rings. The summed E-state index contributed by atoms with van der Waals surface area (Å²) in [5.74, 6) is -3.90. The molecule has 1 spiro atoms. The molecule has 0 bridgehead atoms. The lowest BCUT2D eigenvalue weighted by Crippen LogP contribution is -2.59. The van der Waals surface area contributed by atoms with Gasteiger partial charge in [0.05, 0.1) is 16.9 Å². The molecular weight excluding hydrogens is 435 g/mol. The highest BCUT2D eigenvalue weighted by Gasteiger charge is 2.38. The van der Waals surface area contributed by atoms with Crippen LogP contribution in [0, 0.1) is 17.5 Å². The van der Waals surface area contributed by atoms with Crippen molar-refractivity contribution in [3.05, 3.63) is 69.8 Å². The van der Waals surface area contributed by atoms with Crippen molar-refractivity contribution in [2.75, 3.05) is 24.5 Å². The molecule has 5 rings (SSSR count). The summed E-state index contributed by atoms with van der Waals surface area (Å²) < 4.78 is 44.6. The van der Waals surface area contributed by atoms with Crippen molar-refractivity contribution in [3.63, 3.8) is 0 Å². The van der Waals surface area contributed by atoms with Crippen molar-refractivity contribution in [2.45, 2.75) is 31.2 Å². The topological polar surface area (TPSA) is 74.6 Å². The van der Waals surface area contributed by atoms with Gasteiger partial charge >= 0.3 is 5.97 Å². The molecule has 2 heterocycles. The molecule has 3 aromatic rings. The van der Waals surface area contributed by atoms with Crippen LogP contribution in [0.25, 0.3) is 16.6 Å². The van der Waals surface area contributed by atoms with Gasteiger partial charge < -0.3 is 19.9 Å². The average molecular weight is 457 g/mol. The molecule has 0 amide bonds. The van der Waals surface area contributed by atoms with Gasteiger partial charge in [0.1, 0.15) is 23.0 Å². The lowest BCUT2D eigenvalue weighted by Gasteiger charge is -2.42. The van der Waals surface area contributed by atoms with Crippen LogP contribution in [-0.2, 0) is 0 Å². The Hall–Kier alpha value is -3.33. The number of hydrogen-bond donors (Lipinski definition) is 2. The zero-order valence-electron chi connectivity index (χ0n) is 17.7. The van der Waals surface area contributed by atoms with Crippen LogP contribution >= 0.6 is 0 Å². The maximum absolute atomic E-state index is 15.3. The van der Waals surface area contributed by atoms with E-state index < -0.39 is 34.4 Å². The molecule has 2 aliphatic rings. The number of carbonyl (C=O) groups is 1. The quantitative estimate of drug-likeness (QED) is 0.626. The second-order valence-electron chi connectivity index (χ2n) is 8.80. The van der Waals surface area contributed by atoms with E-state index in [4.69, 9.17) is 0 Å². The number of carboxylic acid groups (broad SMARTS) is 1. The van der Waals surface area contributed by atoms with Gasteiger partial charge in [0.25, 0.3) is 0 Å². The Morgan fingerprint density at radius 2 is 1.76 bits per heavy atom. The zero-order valence-corrected chi connectivity index (χ0v) is 17.7. The molecule has 1 aliphatic carbocycles. The molecule has 1 aromatic heterocycles. The van der Waals surface area contributed by atoms with Gasteiger partial charge in [0, 0.05) is 42.8 Å². The minimum absolute atomic E-state index is 0.0878. The Labute approximate surface area is 187 Å². The molecule has 2 aromatic carbocycles. The summed E-state index contributed by atoms with van der Waals surface area (Å²) in [6.07, 6.45) is 5.18. The molecule has 0 unspecified atom stereocenters. The van der Waals surface area contributed by atoms with Crippen LogP contribution in [0.15, 0.2) is 41.3 Å². The first-order chi connectivity index (χ1) is 15.8. The molecular formula is C24H22F3N3O3. The van der Waals surface area contributed by atoms with E-state index in [1.165, 1.54) is 10.6 Å². The van der Waals surface area contributed by atoms with Crippen LogP contribution < -0.4 is 15.6 Å². The number of halogens is 3. The van der Waals surface area contributed by atoms with Gasteiger partial charge in [-0.05, 0) is 37.1 Å². The van der Waals surface area contributed by atoms with Crippen molar-refractivity contribution in [1.82, 2.24) is 9.88 Å². The Bertz CT molecular complexity index is 1330. The van der Waals surface area contributed by atoms with Crippen molar-refractivity contribution >= 4 is 22.6 Å². The number of carboxylic acids is 1. The molecule has 0 radical (unpaired) electrons. The first kappa shape index (κ1) is 21.5. The number of aromatic nitrogens is 1. The summed E-state index contributed by atoms with van der Waals surface area (Å²) in [4.78, 5) is 26.4. The van der Waals surface area contributed by atoms with E-state index in [9.17, 15) is 23.5 Å². The van der Waals surface area contributed by atoms with Gasteiger partial charge in [-0.25, -0.2) is 18.0 Å². The lowest BCUT2D eigenvalue weighted by molar-refractivity contribution is 0.0695. The SMILES string of the molecule is O=C(O)c1cn(-c2ccc(F)cc2F)c2cc(N3CCNC4(CCCC4)C3)c(F)cc2c1=O. The number of rotatable bonds is 3. The largest absolute Gasteiger partial charge is 0.477 e. The van der Waals surface area contributed by atoms with Crippen LogP contribution in [-0.4, -0.2) is 40.8 Å². The van der Waals surface area contributed by atoms with Crippen molar-refractivity contribution in [1.29, 1.82) is 0 Å². The molecule has 6 nitrogen and oxygen atoms in total. The van der Waals surface area contributed by atoms with E-state index in [0.29, 0.717) is 25.7 Å². The number of anilines is 1. The van der Waals surface area contributed by atoms with Gasteiger partial charge in [0.15, 0.2) is 0 Å². The monoisotopic (exact) mass is 457 g/mol. The number of fused-ring (bicyclic) bond motifs is 1. The van der Waals surface area contributed by atoms with Crippen LogP contribution in [0.4, 0.5) is 18.9 Å². The van der Waals surface area contributed by atoms with Gasteiger partial charge in [-0.2, -0.15) is 0 Å². The highest BCUT2D eigenvalue weighted by molar-refractivity contribution is 5.94. The number of hydrogen-bond acceptors (Lipinski definition) is 4. The molecule has 33 heavy (non-hydrogen) atoms. The van der Waals surface area contributed by atoms with Crippen LogP contribution in [0.1, 0.15) is 36.0 Å². The summed E-state index contributed by atoms with van der Waals surface area (Å²) in [6, 6.07) is 5.33. The van der Waals surface area contributed by atoms with E-state index in [0.717, 1.165) is 50.1 Å². The standard InChI is InChI=1S/C24H22F3N3O3/c25-14-3-4-19(17(26)9-14)30-12-16(23(32)33)22(31)15-10-18(27)21(11-20(15)30)29-8-7-28-24(13-29)5-1-2-6-24/h3-4,9-12,28H,1-2,5-8,13H2,(H,32,33). The predicted molar refractivity (Wildman–Crippen MR) is 118 cm³/mol. The number of nitrogens with zero attached hydrogens (tertiary/aromatic N) is 2.